The standard InChI is InChI=1S/C10H16N4/c1-14-7-4-9(5-8-14)12-10-3-2-6-11-13-10/h2-3,6,9H,4-5,7-8H2,1H3,(H,12,13). The molecule has 0 spiro atoms. The van der Waals surface area contributed by atoms with Crippen molar-refractivity contribution in [1.29, 1.82) is 0 Å². The first kappa shape index (κ1) is 9.40. The third-order valence-electron chi connectivity index (χ3n) is 2.64. The lowest BCUT2D eigenvalue weighted by Gasteiger charge is -2.29. The molecule has 0 unspecified atom stereocenters. The van der Waals surface area contributed by atoms with Gasteiger partial charge in [0.1, 0.15) is 5.82 Å². The van der Waals surface area contributed by atoms with Gasteiger partial charge in [-0.05, 0) is 45.1 Å². The minimum absolute atomic E-state index is 0.558. The van der Waals surface area contributed by atoms with Crippen molar-refractivity contribution in [2.75, 3.05) is 25.5 Å². The largest absolute Gasteiger partial charge is 0.366 e. The SMILES string of the molecule is CN1CCC(Nc2cccnn2)CC1. The quantitative estimate of drug-likeness (QED) is 0.758. The van der Waals surface area contributed by atoms with Gasteiger partial charge in [-0.2, -0.15) is 5.10 Å². The van der Waals surface area contributed by atoms with Crippen LogP contribution >= 0.6 is 0 Å². The van der Waals surface area contributed by atoms with Gasteiger partial charge >= 0.3 is 0 Å². The van der Waals surface area contributed by atoms with Gasteiger partial charge in [-0.3, -0.25) is 0 Å². The molecular formula is C10H16N4. The van der Waals surface area contributed by atoms with Crippen molar-refractivity contribution in [3.05, 3.63) is 18.3 Å². The molecule has 1 saturated heterocycles. The van der Waals surface area contributed by atoms with Crippen molar-refractivity contribution in [1.82, 2.24) is 15.1 Å². The number of nitrogens with zero attached hydrogens (tertiary/aromatic N) is 3. The van der Waals surface area contributed by atoms with Crippen LogP contribution in [-0.2, 0) is 0 Å². The Morgan fingerprint density at radius 3 is 2.86 bits per heavy atom. The van der Waals surface area contributed by atoms with Crippen LogP contribution in [0, 0.1) is 0 Å². The maximum Gasteiger partial charge on any atom is 0.148 e. The van der Waals surface area contributed by atoms with Crippen LogP contribution in [0.5, 0.6) is 0 Å². The van der Waals surface area contributed by atoms with E-state index < -0.39 is 0 Å². The molecule has 0 radical (unpaired) electrons. The summed E-state index contributed by atoms with van der Waals surface area (Å²) in [7, 11) is 2.17. The van der Waals surface area contributed by atoms with Crippen molar-refractivity contribution < 1.29 is 0 Å². The first-order chi connectivity index (χ1) is 6.84. The van der Waals surface area contributed by atoms with Crippen LogP contribution in [0.25, 0.3) is 0 Å². The van der Waals surface area contributed by atoms with E-state index in [9.17, 15) is 0 Å². The van der Waals surface area contributed by atoms with Gasteiger partial charge in [0.15, 0.2) is 0 Å². The Balaban J connectivity index is 1.87. The first-order valence-electron chi connectivity index (χ1n) is 5.07. The molecule has 76 valence electrons. The summed E-state index contributed by atoms with van der Waals surface area (Å²) in [6, 6.07) is 4.43. The first-order valence-corrected chi connectivity index (χ1v) is 5.07. The van der Waals surface area contributed by atoms with Crippen molar-refractivity contribution in [2.45, 2.75) is 18.9 Å². The zero-order chi connectivity index (χ0) is 9.80. The number of anilines is 1. The van der Waals surface area contributed by atoms with Crippen molar-refractivity contribution in [2.24, 2.45) is 0 Å². The number of piperidine rings is 1. The highest BCUT2D eigenvalue weighted by atomic mass is 15.2. The fourth-order valence-electron chi connectivity index (χ4n) is 1.74. The van der Waals surface area contributed by atoms with Gasteiger partial charge in [-0.1, -0.05) is 0 Å². The van der Waals surface area contributed by atoms with Crippen LogP contribution in [0.3, 0.4) is 0 Å². The van der Waals surface area contributed by atoms with Gasteiger partial charge in [0.2, 0.25) is 0 Å². The van der Waals surface area contributed by atoms with Crippen LogP contribution in [0.4, 0.5) is 5.82 Å². The van der Waals surface area contributed by atoms with Gasteiger partial charge in [0, 0.05) is 12.2 Å². The molecule has 2 rings (SSSR count). The monoisotopic (exact) mass is 192 g/mol. The van der Waals surface area contributed by atoms with Crippen LogP contribution in [0.1, 0.15) is 12.8 Å². The van der Waals surface area contributed by atoms with E-state index in [2.05, 4.69) is 27.5 Å². The molecular weight excluding hydrogens is 176 g/mol. The topological polar surface area (TPSA) is 41.0 Å². The maximum absolute atomic E-state index is 4.02. The smallest absolute Gasteiger partial charge is 0.148 e. The summed E-state index contributed by atoms with van der Waals surface area (Å²) in [5.41, 5.74) is 0. The second-order valence-electron chi connectivity index (χ2n) is 3.83. The van der Waals surface area contributed by atoms with E-state index in [1.807, 2.05) is 12.1 Å². The van der Waals surface area contributed by atoms with Crippen molar-refractivity contribution in [3.63, 3.8) is 0 Å². The van der Waals surface area contributed by atoms with Crippen LogP contribution < -0.4 is 5.32 Å². The zero-order valence-electron chi connectivity index (χ0n) is 8.48. The average Bonchev–Trinajstić information content (AvgIpc) is 2.23. The molecule has 0 amide bonds. The summed E-state index contributed by atoms with van der Waals surface area (Å²) in [4.78, 5) is 2.36. The minimum Gasteiger partial charge on any atom is -0.366 e. The minimum atomic E-state index is 0.558. The van der Waals surface area contributed by atoms with E-state index in [1.54, 1.807) is 6.20 Å². The molecule has 4 heteroatoms. The fourth-order valence-corrected chi connectivity index (χ4v) is 1.74. The van der Waals surface area contributed by atoms with Gasteiger partial charge in [-0.15, -0.1) is 5.10 Å². The van der Waals surface area contributed by atoms with Crippen LogP contribution in [0.2, 0.25) is 0 Å². The van der Waals surface area contributed by atoms with E-state index in [-0.39, 0.29) is 0 Å². The summed E-state index contributed by atoms with van der Waals surface area (Å²) < 4.78 is 0. The summed E-state index contributed by atoms with van der Waals surface area (Å²) in [5.74, 6) is 0.891. The summed E-state index contributed by atoms with van der Waals surface area (Å²) in [6.07, 6.45) is 4.07. The lowest BCUT2D eigenvalue weighted by atomic mass is 10.1. The highest BCUT2D eigenvalue weighted by molar-refractivity contribution is 5.32. The lowest BCUT2D eigenvalue weighted by Crippen LogP contribution is -2.36. The van der Waals surface area contributed by atoms with E-state index in [0.717, 1.165) is 18.9 Å². The average molecular weight is 192 g/mol. The second kappa shape index (κ2) is 4.37. The molecule has 1 aromatic rings. The van der Waals surface area contributed by atoms with Gasteiger partial charge in [0.05, 0.1) is 0 Å². The predicted molar refractivity (Wildman–Crippen MR) is 56.2 cm³/mol. The molecule has 14 heavy (non-hydrogen) atoms. The van der Waals surface area contributed by atoms with Gasteiger partial charge < -0.3 is 10.2 Å². The Morgan fingerprint density at radius 1 is 1.43 bits per heavy atom. The molecule has 0 saturated carbocycles. The summed E-state index contributed by atoms with van der Waals surface area (Å²) in [5, 5.41) is 11.3. The predicted octanol–water partition coefficient (Wildman–Crippen LogP) is 0.983. The molecule has 1 aromatic heterocycles. The second-order valence-corrected chi connectivity index (χ2v) is 3.83. The van der Waals surface area contributed by atoms with E-state index in [1.165, 1.54) is 12.8 Å². The van der Waals surface area contributed by atoms with E-state index in [4.69, 9.17) is 0 Å². The molecule has 0 atom stereocenters. The van der Waals surface area contributed by atoms with Crippen molar-refractivity contribution in [3.8, 4) is 0 Å². The highest BCUT2D eigenvalue weighted by Crippen LogP contribution is 2.12. The Hall–Kier alpha value is -1.16. The van der Waals surface area contributed by atoms with Crippen LogP contribution in [-0.4, -0.2) is 41.3 Å². The summed E-state index contributed by atoms with van der Waals surface area (Å²) in [6.45, 7) is 2.33. The lowest BCUT2D eigenvalue weighted by molar-refractivity contribution is 0.263. The third-order valence-corrected chi connectivity index (χ3v) is 2.64. The number of aromatic nitrogens is 2. The number of hydrogen-bond acceptors (Lipinski definition) is 4. The number of likely N-dealkylation sites (tertiary alicyclic amines) is 1. The molecule has 1 aliphatic rings. The van der Waals surface area contributed by atoms with Gasteiger partial charge in [-0.25, -0.2) is 0 Å². The number of rotatable bonds is 2. The Labute approximate surface area is 84.3 Å². The Bertz CT molecular complexity index is 267. The Morgan fingerprint density at radius 2 is 2.21 bits per heavy atom. The molecule has 1 aliphatic heterocycles. The maximum atomic E-state index is 4.02. The fraction of sp³-hybridized carbons (Fsp3) is 0.600. The van der Waals surface area contributed by atoms with E-state index in [0.29, 0.717) is 6.04 Å². The molecule has 1 fully saturated rings. The number of hydrogen-bond donors (Lipinski definition) is 1. The Kier molecular flexibility index (Phi) is 2.93. The molecule has 4 nitrogen and oxygen atoms in total. The van der Waals surface area contributed by atoms with E-state index >= 15 is 0 Å². The highest BCUT2D eigenvalue weighted by Gasteiger charge is 2.16. The molecule has 1 N–H and O–H groups in total. The molecule has 2 heterocycles. The van der Waals surface area contributed by atoms with Crippen LogP contribution in [0.15, 0.2) is 18.3 Å². The third kappa shape index (κ3) is 2.42. The molecule has 0 bridgehead atoms. The number of nitrogens with one attached hydrogen (secondary N) is 1. The van der Waals surface area contributed by atoms with Gasteiger partial charge in [0.25, 0.3) is 0 Å². The molecule has 0 aliphatic carbocycles. The molecule has 0 aromatic carbocycles. The summed E-state index contributed by atoms with van der Waals surface area (Å²) >= 11 is 0. The normalized spacial score (nSPS) is 19.5. The zero-order valence-corrected chi connectivity index (χ0v) is 8.48. The van der Waals surface area contributed by atoms with Crippen molar-refractivity contribution >= 4 is 5.82 Å².